The van der Waals surface area contributed by atoms with Gasteiger partial charge in [-0.3, -0.25) is 19.4 Å². The molecule has 2 amide bonds. The summed E-state index contributed by atoms with van der Waals surface area (Å²) in [7, 11) is 0. The van der Waals surface area contributed by atoms with Crippen LogP contribution in [0, 0.1) is 0 Å². The molecule has 0 saturated carbocycles. The summed E-state index contributed by atoms with van der Waals surface area (Å²) in [5.41, 5.74) is 3.37. The number of anilines is 1. The monoisotopic (exact) mass is 749 g/mol. The molecule has 2 saturated heterocycles. The van der Waals surface area contributed by atoms with E-state index >= 15 is 0 Å². The number of aliphatic carboxylic acids is 1. The number of β-lactam (4-membered cyclic amide) rings is 1. The van der Waals surface area contributed by atoms with Crippen LogP contribution < -0.4 is 10.6 Å². The largest absolute Gasteiger partial charge is 0.480 e. The number of thiazole rings is 1. The fourth-order valence-corrected chi connectivity index (χ4v) is 10.0. The zero-order valence-electron chi connectivity index (χ0n) is 27.7. The van der Waals surface area contributed by atoms with Crippen molar-refractivity contribution >= 4 is 63.9 Å². The molecular weight excluding hydrogens is 715 g/mol. The Morgan fingerprint density at radius 1 is 0.981 bits per heavy atom. The normalized spacial score (nSPS) is 20.5. The van der Waals surface area contributed by atoms with Crippen LogP contribution in [0.15, 0.2) is 126 Å². The highest BCUT2D eigenvalue weighted by Gasteiger charge is 2.58. The average Bonchev–Trinajstić information content (AvgIpc) is 3.65. The smallest absolute Gasteiger partial charge is 0.322 e. The summed E-state index contributed by atoms with van der Waals surface area (Å²) in [6.45, 7) is -0.509. The summed E-state index contributed by atoms with van der Waals surface area (Å²) in [5.74, 6) is -2.68. The average molecular weight is 750 g/mol. The van der Waals surface area contributed by atoms with Crippen LogP contribution in [0.2, 0.25) is 0 Å². The van der Waals surface area contributed by atoms with Crippen LogP contribution in [0.1, 0.15) is 33.9 Å². The Balaban J connectivity index is 1.07. The standard InChI is InChI=1S/C39H35N5O5S3/c45-22-30(33(46)42-32-34(47)44-24-38(36(48)49,25-51-35(32)44)52-20-18-26-11-10-19-40-21-26)31-23-50-37(41-31)43-39(27-12-4-1-5-13-27,28-14-6-2-7-15-28)29-16-8-3-9-17-29/h1-21,23,30,32,35,45H,22,24-25H2,(H,41,43)(H,42,46)(H,48,49)/t30?,32?,35-,38?/m1/s1. The van der Waals surface area contributed by atoms with Crippen LogP contribution in [0.25, 0.3) is 6.08 Å². The van der Waals surface area contributed by atoms with Crippen LogP contribution >= 0.6 is 34.9 Å². The van der Waals surface area contributed by atoms with Crippen molar-refractivity contribution in [3.63, 3.8) is 0 Å². The van der Waals surface area contributed by atoms with E-state index in [-0.39, 0.29) is 18.2 Å². The van der Waals surface area contributed by atoms with Gasteiger partial charge in [0.2, 0.25) is 11.8 Å². The molecular formula is C39H35N5O5S3. The first-order chi connectivity index (χ1) is 25.3. The highest BCUT2D eigenvalue weighted by Crippen LogP contribution is 2.45. The van der Waals surface area contributed by atoms with E-state index in [1.165, 1.54) is 28.0 Å². The first kappa shape index (κ1) is 35.5. The Morgan fingerprint density at radius 3 is 2.17 bits per heavy atom. The molecule has 4 atom stereocenters. The SMILES string of the molecule is O=C(NC1C(=O)N2CC(SC=Cc3cccnc3)(C(=O)O)CS[C@H]12)C(CO)c1csc(NC(c2ccccc2)(c2ccccc2)c2ccccc2)n1. The summed E-state index contributed by atoms with van der Waals surface area (Å²) in [5, 5.41) is 30.7. The van der Waals surface area contributed by atoms with Crippen molar-refractivity contribution in [2.24, 2.45) is 0 Å². The van der Waals surface area contributed by atoms with E-state index in [1.807, 2.05) is 60.7 Å². The van der Waals surface area contributed by atoms with Gasteiger partial charge in [-0.25, -0.2) is 4.98 Å². The second kappa shape index (κ2) is 15.3. The van der Waals surface area contributed by atoms with E-state index in [9.17, 15) is 24.6 Å². The number of carboxylic acid groups (broad SMARTS) is 1. The van der Waals surface area contributed by atoms with Crippen LogP contribution in [-0.4, -0.2) is 77.9 Å². The van der Waals surface area contributed by atoms with E-state index in [0.717, 1.165) is 34.0 Å². The molecule has 0 radical (unpaired) electrons. The third kappa shape index (κ3) is 6.84. The number of rotatable bonds is 13. The van der Waals surface area contributed by atoms with Gasteiger partial charge in [0.1, 0.15) is 27.6 Å². The van der Waals surface area contributed by atoms with Crippen LogP contribution in [0.4, 0.5) is 5.13 Å². The number of hydrogen-bond donors (Lipinski definition) is 4. The maximum atomic E-state index is 13.6. The Kier molecular flexibility index (Phi) is 10.5. The van der Waals surface area contributed by atoms with E-state index in [0.29, 0.717) is 10.8 Å². The number of carbonyl (C=O) groups is 3. The van der Waals surface area contributed by atoms with Crippen LogP contribution in [-0.2, 0) is 19.9 Å². The third-order valence-corrected chi connectivity index (χ3v) is 12.9. The highest BCUT2D eigenvalue weighted by atomic mass is 32.2. The number of nitrogens with one attached hydrogen (secondary N) is 2. The van der Waals surface area contributed by atoms with Gasteiger partial charge < -0.3 is 25.7 Å². The number of amides is 2. The summed E-state index contributed by atoms with van der Waals surface area (Å²) in [6.07, 6.45) is 5.13. The highest BCUT2D eigenvalue weighted by molar-refractivity contribution is 8.06. The minimum Gasteiger partial charge on any atom is -0.480 e. The number of aromatic nitrogens is 2. The minimum atomic E-state index is -1.24. The molecule has 0 spiro atoms. The molecule has 3 unspecified atom stereocenters. The maximum Gasteiger partial charge on any atom is 0.322 e. The zero-order valence-corrected chi connectivity index (χ0v) is 30.2. The Morgan fingerprint density at radius 2 is 1.62 bits per heavy atom. The lowest BCUT2D eigenvalue weighted by molar-refractivity contribution is -0.152. The molecule has 2 aromatic heterocycles. The Hall–Kier alpha value is -4.95. The fraction of sp³-hybridized carbons (Fsp3) is 0.205. The van der Waals surface area contributed by atoms with Gasteiger partial charge in [0.05, 0.1) is 12.3 Å². The number of benzene rings is 3. The number of carbonyl (C=O) groups excluding carboxylic acids is 2. The number of aliphatic hydroxyl groups excluding tert-OH is 1. The maximum absolute atomic E-state index is 13.6. The molecule has 7 rings (SSSR count). The predicted octanol–water partition coefficient (Wildman–Crippen LogP) is 5.65. The van der Waals surface area contributed by atoms with E-state index in [1.54, 1.807) is 35.3 Å². The van der Waals surface area contributed by atoms with Crippen LogP contribution in [0.5, 0.6) is 0 Å². The zero-order chi connectivity index (χ0) is 36.1. The summed E-state index contributed by atoms with van der Waals surface area (Å²) >= 11 is 3.81. The van der Waals surface area contributed by atoms with Crippen molar-refractivity contribution in [2.75, 3.05) is 24.2 Å². The second-order valence-corrected chi connectivity index (χ2v) is 15.7. The molecule has 0 bridgehead atoms. The van der Waals surface area contributed by atoms with E-state index in [2.05, 4.69) is 52.0 Å². The molecule has 52 heavy (non-hydrogen) atoms. The van der Waals surface area contributed by atoms with Gasteiger partial charge in [-0.2, -0.15) is 0 Å². The summed E-state index contributed by atoms with van der Waals surface area (Å²) in [6, 6.07) is 33.1. The Bertz CT molecular complexity index is 1960. The van der Waals surface area contributed by atoms with Gasteiger partial charge in [-0.15, -0.1) is 34.9 Å². The van der Waals surface area contributed by atoms with Crippen molar-refractivity contribution in [2.45, 2.75) is 27.6 Å². The van der Waals surface area contributed by atoms with Gasteiger partial charge in [-0.05, 0) is 39.8 Å². The molecule has 3 aromatic carbocycles. The van der Waals surface area contributed by atoms with Crippen molar-refractivity contribution in [3.05, 3.63) is 154 Å². The topological polar surface area (TPSA) is 145 Å². The molecule has 4 heterocycles. The first-order valence-electron chi connectivity index (χ1n) is 16.6. The van der Waals surface area contributed by atoms with Gasteiger partial charge in [0.25, 0.3) is 0 Å². The molecule has 13 heteroatoms. The first-order valence-corrected chi connectivity index (χ1v) is 19.4. The molecule has 2 aliphatic rings. The van der Waals surface area contributed by atoms with Gasteiger partial charge in [0.15, 0.2) is 5.13 Å². The Labute approximate surface area is 313 Å². The van der Waals surface area contributed by atoms with Crippen molar-refractivity contribution < 1.29 is 24.6 Å². The number of thioether (sulfide) groups is 2. The lowest BCUT2D eigenvalue weighted by atomic mass is 9.77. The van der Waals surface area contributed by atoms with E-state index in [4.69, 9.17) is 4.98 Å². The summed E-state index contributed by atoms with van der Waals surface area (Å²) < 4.78 is -1.24. The second-order valence-electron chi connectivity index (χ2n) is 12.4. The number of fused-ring (bicyclic) bond motifs is 1. The molecule has 5 aromatic rings. The predicted molar refractivity (Wildman–Crippen MR) is 206 cm³/mol. The molecule has 0 aliphatic carbocycles. The number of nitrogens with zero attached hydrogens (tertiary/aromatic N) is 3. The third-order valence-electron chi connectivity index (χ3n) is 9.27. The fourth-order valence-electron chi connectivity index (χ4n) is 6.53. The molecule has 10 nitrogen and oxygen atoms in total. The van der Waals surface area contributed by atoms with Gasteiger partial charge in [-0.1, -0.05) is 97.1 Å². The number of carboxylic acids is 1. The van der Waals surface area contributed by atoms with Crippen molar-refractivity contribution in [1.82, 2.24) is 20.2 Å². The number of pyridine rings is 1. The number of aliphatic hydroxyl groups is 1. The van der Waals surface area contributed by atoms with Crippen LogP contribution in [0.3, 0.4) is 0 Å². The molecule has 2 fully saturated rings. The van der Waals surface area contributed by atoms with Gasteiger partial charge >= 0.3 is 5.97 Å². The number of hydrogen-bond acceptors (Lipinski definition) is 10. The molecule has 2 aliphatic heterocycles. The molecule has 4 N–H and O–H groups in total. The van der Waals surface area contributed by atoms with Crippen molar-refractivity contribution in [3.8, 4) is 0 Å². The van der Waals surface area contributed by atoms with Crippen molar-refractivity contribution in [1.29, 1.82) is 0 Å². The molecule has 264 valence electrons. The minimum absolute atomic E-state index is 0.00376. The summed E-state index contributed by atoms with van der Waals surface area (Å²) in [4.78, 5) is 49.8. The quantitative estimate of drug-likeness (QED) is 0.0882. The van der Waals surface area contributed by atoms with E-state index < -0.39 is 46.1 Å². The lowest BCUT2D eigenvalue weighted by Crippen LogP contribution is -2.74. The van der Waals surface area contributed by atoms with Gasteiger partial charge in [0, 0.05) is 30.1 Å². The lowest BCUT2D eigenvalue weighted by Gasteiger charge is -2.53.